The summed E-state index contributed by atoms with van der Waals surface area (Å²) in [5.74, 6) is -0.128. The van der Waals surface area contributed by atoms with Gasteiger partial charge in [0.1, 0.15) is 10.7 Å². The van der Waals surface area contributed by atoms with Gasteiger partial charge in [-0.1, -0.05) is 6.92 Å². The molecule has 0 unspecified atom stereocenters. The monoisotopic (exact) mass is 248 g/mol. The Balaban J connectivity index is 2.14. The summed E-state index contributed by atoms with van der Waals surface area (Å²) in [4.78, 5) is 15.9. The van der Waals surface area contributed by atoms with Crippen LogP contribution < -0.4 is 5.32 Å². The molecule has 5 nitrogen and oxygen atoms in total. The van der Waals surface area contributed by atoms with E-state index < -0.39 is 0 Å². The van der Waals surface area contributed by atoms with E-state index in [1.165, 1.54) is 11.3 Å². The normalized spacial score (nSPS) is 10.2. The minimum atomic E-state index is -0.128. The third kappa shape index (κ3) is 2.85. The maximum Gasteiger partial charge on any atom is 0.270 e. The molecule has 0 aliphatic carbocycles. The zero-order valence-electron chi connectivity index (χ0n) is 9.38. The molecule has 6 heteroatoms. The van der Waals surface area contributed by atoms with E-state index in [0.717, 1.165) is 17.0 Å². The Hall–Kier alpha value is -1.82. The second-order valence-electron chi connectivity index (χ2n) is 3.42. The van der Waals surface area contributed by atoms with E-state index in [0.29, 0.717) is 12.2 Å². The third-order valence-corrected chi connectivity index (χ3v) is 2.99. The lowest BCUT2D eigenvalue weighted by Crippen LogP contribution is -2.24. The first-order valence-electron chi connectivity index (χ1n) is 5.32. The molecule has 2 heterocycles. The van der Waals surface area contributed by atoms with Crippen molar-refractivity contribution in [3.63, 3.8) is 0 Å². The molecular weight excluding hydrogens is 236 g/mol. The third-order valence-electron chi connectivity index (χ3n) is 2.10. The first-order valence-corrected chi connectivity index (χ1v) is 6.20. The SMILES string of the molecule is CCCNC(=O)c1csc(-c2ccnnc2)n1. The van der Waals surface area contributed by atoms with Gasteiger partial charge in [0.2, 0.25) is 0 Å². The fourth-order valence-electron chi connectivity index (χ4n) is 1.26. The van der Waals surface area contributed by atoms with Crippen LogP contribution in [0.4, 0.5) is 0 Å². The molecule has 2 aromatic rings. The molecule has 1 N–H and O–H groups in total. The Bertz CT molecular complexity index is 497. The van der Waals surface area contributed by atoms with Gasteiger partial charge >= 0.3 is 0 Å². The zero-order chi connectivity index (χ0) is 12.1. The molecule has 88 valence electrons. The minimum absolute atomic E-state index is 0.128. The van der Waals surface area contributed by atoms with E-state index in [9.17, 15) is 4.79 Å². The van der Waals surface area contributed by atoms with Gasteiger partial charge < -0.3 is 5.32 Å². The van der Waals surface area contributed by atoms with Gasteiger partial charge in [0, 0.05) is 17.5 Å². The highest BCUT2D eigenvalue weighted by molar-refractivity contribution is 7.13. The van der Waals surface area contributed by atoms with Gasteiger partial charge in [-0.15, -0.1) is 11.3 Å². The fourth-order valence-corrected chi connectivity index (χ4v) is 2.05. The Morgan fingerprint density at radius 1 is 1.47 bits per heavy atom. The maximum absolute atomic E-state index is 11.7. The lowest BCUT2D eigenvalue weighted by Gasteiger charge is -1.98. The summed E-state index contributed by atoms with van der Waals surface area (Å²) < 4.78 is 0. The molecule has 0 aliphatic rings. The number of carbonyl (C=O) groups excluding carboxylic acids is 1. The van der Waals surface area contributed by atoms with Crippen molar-refractivity contribution in [1.82, 2.24) is 20.5 Å². The van der Waals surface area contributed by atoms with Crippen molar-refractivity contribution in [2.45, 2.75) is 13.3 Å². The van der Waals surface area contributed by atoms with Crippen LogP contribution in [-0.2, 0) is 0 Å². The average Bonchev–Trinajstić information content (AvgIpc) is 2.86. The molecule has 2 rings (SSSR count). The lowest BCUT2D eigenvalue weighted by atomic mass is 10.3. The van der Waals surface area contributed by atoms with Gasteiger partial charge in [0.25, 0.3) is 5.91 Å². The van der Waals surface area contributed by atoms with Gasteiger partial charge in [-0.3, -0.25) is 4.79 Å². The van der Waals surface area contributed by atoms with Crippen LogP contribution >= 0.6 is 11.3 Å². The zero-order valence-corrected chi connectivity index (χ0v) is 10.2. The van der Waals surface area contributed by atoms with Crippen molar-refractivity contribution >= 4 is 17.2 Å². The van der Waals surface area contributed by atoms with Crippen LogP contribution in [0.15, 0.2) is 23.8 Å². The van der Waals surface area contributed by atoms with Crippen molar-refractivity contribution in [3.8, 4) is 10.6 Å². The quantitative estimate of drug-likeness (QED) is 0.895. The molecule has 0 fully saturated rings. The van der Waals surface area contributed by atoms with Gasteiger partial charge in [0.15, 0.2) is 0 Å². The van der Waals surface area contributed by atoms with E-state index in [1.54, 1.807) is 17.8 Å². The molecule has 0 spiro atoms. The molecular formula is C11H12N4OS. The smallest absolute Gasteiger partial charge is 0.270 e. The fraction of sp³-hybridized carbons (Fsp3) is 0.273. The topological polar surface area (TPSA) is 67.8 Å². The molecule has 1 amide bonds. The number of hydrogen-bond donors (Lipinski definition) is 1. The van der Waals surface area contributed by atoms with E-state index in [2.05, 4.69) is 20.5 Å². The van der Waals surface area contributed by atoms with Crippen LogP contribution in [0.3, 0.4) is 0 Å². The van der Waals surface area contributed by atoms with Gasteiger partial charge in [-0.05, 0) is 12.5 Å². The number of aromatic nitrogens is 3. The van der Waals surface area contributed by atoms with Crippen LogP contribution in [-0.4, -0.2) is 27.6 Å². The molecule has 2 aromatic heterocycles. The van der Waals surface area contributed by atoms with Gasteiger partial charge in [-0.25, -0.2) is 4.98 Å². The Labute approximate surface area is 103 Å². The second-order valence-corrected chi connectivity index (χ2v) is 4.28. The molecule has 0 radical (unpaired) electrons. The predicted molar refractivity (Wildman–Crippen MR) is 65.8 cm³/mol. The van der Waals surface area contributed by atoms with Gasteiger partial charge in [0.05, 0.1) is 12.4 Å². The molecule has 0 aliphatic heterocycles. The van der Waals surface area contributed by atoms with Crippen molar-refractivity contribution in [1.29, 1.82) is 0 Å². The molecule has 0 bridgehead atoms. The van der Waals surface area contributed by atoms with E-state index in [-0.39, 0.29) is 5.91 Å². The Morgan fingerprint density at radius 3 is 3.06 bits per heavy atom. The summed E-state index contributed by atoms with van der Waals surface area (Å²) in [6.45, 7) is 2.68. The maximum atomic E-state index is 11.7. The van der Waals surface area contributed by atoms with Crippen molar-refractivity contribution in [2.24, 2.45) is 0 Å². The van der Waals surface area contributed by atoms with Crippen LogP contribution in [0.2, 0.25) is 0 Å². The molecule has 17 heavy (non-hydrogen) atoms. The van der Waals surface area contributed by atoms with Crippen molar-refractivity contribution in [2.75, 3.05) is 6.54 Å². The summed E-state index contributed by atoms with van der Waals surface area (Å²) in [5, 5.41) is 12.8. The van der Waals surface area contributed by atoms with Crippen LogP contribution in [0, 0.1) is 0 Å². The molecule has 0 saturated carbocycles. The molecule has 0 atom stereocenters. The Kier molecular flexibility index (Phi) is 3.77. The van der Waals surface area contributed by atoms with Crippen LogP contribution in [0.25, 0.3) is 10.6 Å². The number of nitrogens with one attached hydrogen (secondary N) is 1. The second kappa shape index (κ2) is 5.49. The summed E-state index contributed by atoms with van der Waals surface area (Å²) in [5.41, 5.74) is 1.33. The van der Waals surface area contributed by atoms with Crippen LogP contribution in [0.1, 0.15) is 23.8 Å². The summed E-state index contributed by atoms with van der Waals surface area (Å²) in [6.07, 6.45) is 4.15. The standard InChI is InChI=1S/C11H12N4OS/c1-2-4-12-10(16)9-7-17-11(15-9)8-3-5-13-14-6-8/h3,5-7H,2,4H2,1H3,(H,12,16). The number of nitrogens with zero attached hydrogens (tertiary/aromatic N) is 3. The number of rotatable bonds is 4. The van der Waals surface area contributed by atoms with E-state index in [1.807, 2.05) is 13.0 Å². The van der Waals surface area contributed by atoms with Crippen molar-refractivity contribution < 1.29 is 4.79 Å². The lowest BCUT2D eigenvalue weighted by molar-refractivity contribution is 0.0949. The number of carbonyl (C=O) groups is 1. The largest absolute Gasteiger partial charge is 0.351 e. The molecule has 0 saturated heterocycles. The summed E-state index contributed by atoms with van der Waals surface area (Å²) in [6, 6.07) is 1.82. The average molecular weight is 248 g/mol. The highest BCUT2D eigenvalue weighted by Crippen LogP contribution is 2.22. The number of thiazole rings is 1. The van der Waals surface area contributed by atoms with Gasteiger partial charge in [-0.2, -0.15) is 10.2 Å². The van der Waals surface area contributed by atoms with E-state index in [4.69, 9.17) is 0 Å². The summed E-state index contributed by atoms with van der Waals surface area (Å²) >= 11 is 1.42. The van der Waals surface area contributed by atoms with E-state index >= 15 is 0 Å². The number of hydrogen-bond acceptors (Lipinski definition) is 5. The number of amides is 1. The Morgan fingerprint density at radius 2 is 2.35 bits per heavy atom. The van der Waals surface area contributed by atoms with Crippen LogP contribution in [0.5, 0.6) is 0 Å². The molecule has 0 aromatic carbocycles. The summed E-state index contributed by atoms with van der Waals surface area (Å²) in [7, 11) is 0. The predicted octanol–water partition coefficient (Wildman–Crippen LogP) is 1.74. The van der Waals surface area contributed by atoms with Crippen molar-refractivity contribution in [3.05, 3.63) is 29.5 Å². The highest BCUT2D eigenvalue weighted by Gasteiger charge is 2.10. The highest BCUT2D eigenvalue weighted by atomic mass is 32.1. The first kappa shape index (κ1) is 11.7. The first-order chi connectivity index (χ1) is 8.31. The minimum Gasteiger partial charge on any atom is -0.351 e.